The minimum absolute atomic E-state index is 0.0610. The molecule has 0 aliphatic carbocycles. The van der Waals surface area contributed by atoms with Gasteiger partial charge in [-0.1, -0.05) is 29.4 Å². The van der Waals surface area contributed by atoms with Crippen LogP contribution in [0.25, 0.3) is 11.0 Å². The molecule has 0 saturated carbocycles. The molecule has 1 aromatic carbocycles. The van der Waals surface area contributed by atoms with Crippen LogP contribution in [0.15, 0.2) is 47.8 Å². The number of carbonyl (C=O) groups is 1. The van der Waals surface area contributed by atoms with E-state index in [1.165, 1.54) is 11.8 Å². The lowest BCUT2D eigenvalue weighted by molar-refractivity contribution is -0.118. The normalized spacial score (nSPS) is 10.8. The van der Waals surface area contributed by atoms with Gasteiger partial charge in [-0.05, 0) is 30.3 Å². The van der Waals surface area contributed by atoms with E-state index in [2.05, 4.69) is 20.3 Å². The summed E-state index contributed by atoms with van der Waals surface area (Å²) in [6, 6.07) is 11.1. The SMILES string of the molecule is O=C(CSc1nc2ccc(Cl)cc2[nH]1)NCc1ccccn1. The maximum absolute atomic E-state index is 11.8. The van der Waals surface area contributed by atoms with Crippen molar-refractivity contribution in [1.82, 2.24) is 20.3 Å². The van der Waals surface area contributed by atoms with Gasteiger partial charge in [-0.2, -0.15) is 0 Å². The average Bonchev–Trinajstić information content (AvgIpc) is 2.94. The Balaban J connectivity index is 1.53. The van der Waals surface area contributed by atoms with Crippen LogP contribution >= 0.6 is 23.4 Å². The zero-order valence-electron chi connectivity index (χ0n) is 11.5. The lowest BCUT2D eigenvalue weighted by Crippen LogP contribution is -2.25. The van der Waals surface area contributed by atoms with Gasteiger partial charge in [-0.15, -0.1) is 0 Å². The maximum Gasteiger partial charge on any atom is 0.230 e. The minimum atomic E-state index is -0.0610. The fourth-order valence-corrected chi connectivity index (χ4v) is 2.79. The first-order valence-corrected chi connectivity index (χ1v) is 8.02. The topological polar surface area (TPSA) is 70.7 Å². The summed E-state index contributed by atoms with van der Waals surface area (Å²) in [6.45, 7) is 0.427. The molecule has 112 valence electrons. The number of nitrogens with zero attached hydrogens (tertiary/aromatic N) is 2. The van der Waals surface area contributed by atoms with Gasteiger partial charge in [0.15, 0.2) is 5.16 Å². The van der Waals surface area contributed by atoms with Crippen molar-refractivity contribution in [3.8, 4) is 0 Å². The molecule has 0 radical (unpaired) electrons. The number of aromatic amines is 1. The molecular formula is C15H13ClN4OS. The summed E-state index contributed by atoms with van der Waals surface area (Å²) < 4.78 is 0. The molecule has 0 bridgehead atoms. The van der Waals surface area contributed by atoms with Gasteiger partial charge in [-0.3, -0.25) is 9.78 Å². The number of hydrogen-bond donors (Lipinski definition) is 2. The number of fused-ring (bicyclic) bond motifs is 1. The van der Waals surface area contributed by atoms with Crippen molar-refractivity contribution in [3.63, 3.8) is 0 Å². The van der Waals surface area contributed by atoms with Crippen LogP contribution in [0.4, 0.5) is 0 Å². The highest BCUT2D eigenvalue weighted by Gasteiger charge is 2.07. The Labute approximate surface area is 136 Å². The third kappa shape index (κ3) is 3.78. The fraction of sp³-hybridized carbons (Fsp3) is 0.133. The Morgan fingerprint density at radius 3 is 3.05 bits per heavy atom. The molecule has 0 aliphatic rings. The number of benzene rings is 1. The number of amides is 1. The molecule has 0 saturated heterocycles. The number of thioether (sulfide) groups is 1. The monoisotopic (exact) mass is 332 g/mol. The standard InChI is InChI=1S/C15H13ClN4OS/c16-10-4-5-12-13(7-10)20-15(19-12)22-9-14(21)18-8-11-3-1-2-6-17-11/h1-7H,8-9H2,(H,18,21)(H,19,20). The van der Waals surface area contributed by atoms with Crippen molar-refractivity contribution in [2.45, 2.75) is 11.7 Å². The number of pyridine rings is 1. The molecule has 2 N–H and O–H groups in total. The van der Waals surface area contributed by atoms with Gasteiger partial charge in [0.1, 0.15) is 0 Å². The van der Waals surface area contributed by atoms with Crippen molar-refractivity contribution >= 4 is 40.3 Å². The molecule has 5 nitrogen and oxygen atoms in total. The zero-order valence-corrected chi connectivity index (χ0v) is 13.1. The molecule has 2 aromatic heterocycles. The van der Waals surface area contributed by atoms with E-state index in [-0.39, 0.29) is 5.91 Å². The van der Waals surface area contributed by atoms with Crippen LogP contribution in [0, 0.1) is 0 Å². The second-order valence-electron chi connectivity index (χ2n) is 4.59. The van der Waals surface area contributed by atoms with E-state index >= 15 is 0 Å². The zero-order chi connectivity index (χ0) is 15.4. The van der Waals surface area contributed by atoms with Crippen molar-refractivity contribution in [2.75, 3.05) is 5.75 Å². The van der Waals surface area contributed by atoms with Crippen LogP contribution in [-0.4, -0.2) is 26.6 Å². The Morgan fingerprint density at radius 1 is 1.32 bits per heavy atom. The summed E-state index contributed by atoms with van der Waals surface area (Å²) in [5.74, 6) is 0.231. The molecule has 0 spiro atoms. The summed E-state index contributed by atoms with van der Waals surface area (Å²) in [6.07, 6.45) is 1.70. The molecule has 0 fully saturated rings. The molecule has 0 atom stereocenters. The van der Waals surface area contributed by atoms with E-state index in [4.69, 9.17) is 11.6 Å². The third-order valence-corrected chi connectivity index (χ3v) is 4.06. The van der Waals surface area contributed by atoms with E-state index in [0.29, 0.717) is 22.5 Å². The van der Waals surface area contributed by atoms with Crippen molar-refractivity contribution in [1.29, 1.82) is 0 Å². The number of nitrogens with one attached hydrogen (secondary N) is 2. The molecule has 2 heterocycles. The van der Waals surface area contributed by atoms with Crippen LogP contribution in [0.2, 0.25) is 5.02 Å². The van der Waals surface area contributed by atoms with Crippen molar-refractivity contribution < 1.29 is 4.79 Å². The molecule has 7 heteroatoms. The van der Waals surface area contributed by atoms with Gasteiger partial charge in [0.05, 0.1) is 29.0 Å². The molecular weight excluding hydrogens is 320 g/mol. The summed E-state index contributed by atoms with van der Waals surface area (Å²) in [5, 5.41) is 4.18. The first-order valence-electron chi connectivity index (χ1n) is 6.65. The maximum atomic E-state index is 11.8. The van der Waals surface area contributed by atoms with E-state index in [0.717, 1.165) is 16.7 Å². The number of halogens is 1. The molecule has 1 amide bonds. The third-order valence-electron chi connectivity index (χ3n) is 2.96. The lowest BCUT2D eigenvalue weighted by Gasteiger charge is -2.03. The second kappa shape index (κ2) is 6.81. The molecule has 3 rings (SSSR count). The predicted octanol–water partition coefficient (Wildman–Crippen LogP) is 3.02. The van der Waals surface area contributed by atoms with Crippen LogP contribution in [-0.2, 0) is 11.3 Å². The highest BCUT2D eigenvalue weighted by atomic mass is 35.5. The Morgan fingerprint density at radius 2 is 2.23 bits per heavy atom. The van der Waals surface area contributed by atoms with Gasteiger partial charge in [0.25, 0.3) is 0 Å². The number of carbonyl (C=O) groups excluding carboxylic acids is 1. The minimum Gasteiger partial charge on any atom is -0.350 e. The first kappa shape index (κ1) is 14.9. The second-order valence-corrected chi connectivity index (χ2v) is 5.99. The Hall–Kier alpha value is -2.05. The van der Waals surface area contributed by atoms with Gasteiger partial charge < -0.3 is 10.3 Å². The van der Waals surface area contributed by atoms with Crippen LogP contribution in [0.1, 0.15) is 5.69 Å². The van der Waals surface area contributed by atoms with Crippen LogP contribution < -0.4 is 5.32 Å². The van der Waals surface area contributed by atoms with Crippen molar-refractivity contribution in [2.24, 2.45) is 0 Å². The molecule has 0 unspecified atom stereocenters. The molecule has 3 aromatic rings. The number of aromatic nitrogens is 3. The fourth-order valence-electron chi connectivity index (χ4n) is 1.90. The highest BCUT2D eigenvalue weighted by Crippen LogP contribution is 2.21. The first-order chi connectivity index (χ1) is 10.7. The highest BCUT2D eigenvalue weighted by molar-refractivity contribution is 7.99. The van der Waals surface area contributed by atoms with Gasteiger partial charge in [0, 0.05) is 11.2 Å². The summed E-state index contributed by atoms with van der Waals surface area (Å²) in [4.78, 5) is 23.5. The smallest absolute Gasteiger partial charge is 0.230 e. The van der Waals surface area contributed by atoms with Gasteiger partial charge in [0.2, 0.25) is 5.91 Å². The van der Waals surface area contributed by atoms with Crippen LogP contribution in [0.5, 0.6) is 0 Å². The van der Waals surface area contributed by atoms with E-state index in [1.54, 1.807) is 12.3 Å². The van der Waals surface area contributed by atoms with E-state index < -0.39 is 0 Å². The van der Waals surface area contributed by atoms with Gasteiger partial charge in [-0.25, -0.2) is 4.98 Å². The number of hydrogen-bond acceptors (Lipinski definition) is 4. The van der Waals surface area contributed by atoms with Crippen LogP contribution in [0.3, 0.4) is 0 Å². The Kier molecular flexibility index (Phi) is 4.60. The number of rotatable bonds is 5. The van der Waals surface area contributed by atoms with E-state index in [1.807, 2.05) is 30.3 Å². The summed E-state index contributed by atoms with van der Waals surface area (Å²) in [7, 11) is 0. The van der Waals surface area contributed by atoms with E-state index in [9.17, 15) is 4.79 Å². The van der Waals surface area contributed by atoms with Crippen molar-refractivity contribution in [3.05, 3.63) is 53.3 Å². The summed E-state index contributed by atoms with van der Waals surface area (Å²) in [5.41, 5.74) is 2.53. The average molecular weight is 333 g/mol. The lowest BCUT2D eigenvalue weighted by atomic mass is 10.3. The number of imidazole rings is 1. The number of H-pyrrole nitrogens is 1. The van der Waals surface area contributed by atoms with Gasteiger partial charge >= 0.3 is 0 Å². The summed E-state index contributed by atoms with van der Waals surface area (Å²) >= 11 is 7.28. The largest absolute Gasteiger partial charge is 0.350 e. The molecule has 0 aliphatic heterocycles. The Bertz CT molecular complexity index is 791. The molecule has 22 heavy (non-hydrogen) atoms. The predicted molar refractivity (Wildman–Crippen MR) is 87.9 cm³/mol. The quantitative estimate of drug-likeness (QED) is 0.705.